The molecule has 1 amide bonds. The molecule has 0 heterocycles. The van der Waals surface area contributed by atoms with E-state index in [1.165, 1.54) is 7.11 Å². The molecule has 1 aromatic rings. The number of nitrogens with zero attached hydrogens (tertiary/aromatic N) is 1. The first-order valence-electron chi connectivity index (χ1n) is 8.58. The van der Waals surface area contributed by atoms with E-state index in [2.05, 4.69) is 0 Å². The lowest BCUT2D eigenvalue weighted by atomic mass is 10.1. The molecule has 132 valence electrons. The Bertz CT molecular complexity index is 579. The quantitative estimate of drug-likeness (QED) is 0.720. The minimum Gasteiger partial charge on any atom is -0.483 e. The van der Waals surface area contributed by atoms with E-state index in [-0.39, 0.29) is 30.9 Å². The fourth-order valence-corrected chi connectivity index (χ4v) is 3.14. The Kier molecular flexibility index (Phi) is 6.64. The Labute approximate surface area is 143 Å². The maximum atomic E-state index is 12.6. The number of rotatable bonds is 7. The zero-order valence-corrected chi connectivity index (χ0v) is 14.8. The van der Waals surface area contributed by atoms with E-state index in [4.69, 9.17) is 9.47 Å². The van der Waals surface area contributed by atoms with E-state index < -0.39 is 0 Å². The summed E-state index contributed by atoms with van der Waals surface area (Å²) in [6.07, 6.45) is 4.48. The van der Waals surface area contributed by atoms with Crippen molar-refractivity contribution in [3.63, 3.8) is 0 Å². The third kappa shape index (κ3) is 4.73. The number of esters is 1. The van der Waals surface area contributed by atoms with Crippen molar-refractivity contribution in [2.45, 2.75) is 52.0 Å². The average Bonchev–Trinajstić information content (AvgIpc) is 3.10. The third-order valence-corrected chi connectivity index (χ3v) is 4.78. The summed E-state index contributed by atoms with van der Waals surface area (Å²) in [7, 11) is 1.37. The SMILES string of the molecule is COC(=O)CCN(C(=O)COc1cccc(C)c1C)C1CCCC1. The van der Waals surface area contributed by atoms with Crippen LogP contribution in [0.15, 0.2) is 18.2 Å². The molecule has 1 aliphatic rings. The standard InChI is InChI=1S/C19H27NO4/c1-14-7-6-10-17(15(14)2)24-13-18(21)20(12-11-19(22)23-3)16-8-4-5-9-16/h6-7,10,16H,4-5,8-9,11-13H2,1-3H3. The van der Waals surface area contributed by atoms with E-state index in [9.17, 15) is 9.59 Å². The number of methoxy groups -OCH3 is 1. The second-order valence-corrected chi connectivity index (χ2v) is 6.34. The molecule has 0 unspecified atom stereocenters. The number of hydrogen-bond donors (Lipinski definition) is 0. The molecule has 1 aromatic carbocycles. The molecule has 0 saturated heterocycles. The van der Waals surface area contributed by atoms with E-state index >= 15 is 0 Å². The Morgan fingerprint density at radius 1 is 1.21 bits per heavy atom. The number of amides is 1. The Hall–Kier alpha value is -2.04. The first kappa shape index (κ1) is 18.3. The van der Waals surface area contributed by atoms with Gasteiger partial charge in [-0.2, -0.15) is 0 Å². The minimum absolute atomic E-state index is 0.00195. The van der Waals surface area contributed by atoms with Crippen LogP contribution in [0.5, 0.6) is 5.75 Å². The molecule has 1 saturated carbocycles. The lowest BCUT2D eigenvalue weighted by Gasteiger charge is -2.28. The zero-order chi connectivity index (χ0) is 17.5. The second kappa shape index (κ2) is 8.71. The molecule has 0 aliphatic heterocycles. The van der Waals surface area contributed by atoms with E-state index in [1.54, 1.807) is 4.90 Å². The van der Waals surface area contributed by atoms with Gasteiger partial charge in [-0.15, -0.1) is 0 Å². The molecule has 5 heteroatoms. The number of aryl methyl sites for hydroxylation is 1. The van der Waals surface area contributed by atoms with E-state index in [0.717, 1.165) is 42.6 Å². The van der Waals surface area contributed by atoms with Gasteiger partial charge in [-0.05, 0) is 43.9 Å². The van der Waals surface area contributed by atoms with Gasteiger partial charge in [0.15, 0.2) is 6.61 Å². The highest BCUT2D eigenvalue weighted by Gasteiger charge is 2.27. The highest BCUT2D eigenvalue weighted by molar-refractivity contribution is 5.79. The van der Waals surface area contributed by atoms with Gasteiger partial charge >= 0.3 is 5.97 Å². The molecule has 2 rings (SSSR count). The van der Waals surface area contributed by atoms with Crippen molar-refractivity contribution in [1.82, 2.24) is 4.90 Å². The van der Waals surface area contributed by atoms with Gasteiger partial charge in [0.05, 0.1) is 13.5 Å². The lowest BCUT2D eigenvalue weighted by Crippen LogP contribution is -2.42. The van der Waals surface area contributed by atoms with E-state index in [1.807, 2.05) is 32.0 Å². The Morgan fingerprint density at radius 3 is 2.58 bits per heavy atom. The first-order valence-corrected chi connectivity index (χ1v) is 8.58. The van der Waals surface area contributed by atoms with Crippen molar-refractivity contribution in [3.8, 4) is 5.75 Å². The molecular formula is C19H27NO4. The molecule has 0 N–H and O–H groups in total. The number of carbonyl (C=O) groups is 2. The molecule has 0 atom stereocenters. The van der Waals surface area contributed by atoms with Crippen LogP contribution in [0.25, 0.3) is 0 Å². The van der Waals surface area contributed by atoms with Gasteiger partial charge in [0.1, 0.15) is 5.75 Å². The summed E-state index contributed by atoms with van der Waals surface area (Å²) in [6, 6.07) is 6.04. The average molecular weight is 333 g/mol. The molecule has 1 aliphatic carbocycles. The predicted octanol–water partition coefficient (Wildman–Crippen LogP) is 3.02. The normalized spacial score (nSPS) is 14.5. The molecule has 0 aromatic heterocycles. The minimum atomic E-state index is -0.291. The van der Waals surface area contributed by atoms with Crippen molar-refractivity contribution < 1.29 is 19.1 Å². The smallest absolute Gasteiger partial charge is 0.307 e. The maximum Gasteiger partial charge on any atom is 0.307 e. The van der Waals surface area contributed by atoms with Crippen molar-refractivity contribution in [1.29, 1.82) is 0 Å². The Morgan fingerprint density at radius 2 is 1.92 bits per heavy atom. The number of benzene rings is 1. The van der Waals surface area contributed by atoms with Gasteiger partial charge < -0.3 is 14.4 Å². The Balaban J connectivity index is 1.98. The number of carbonyl (C=O) groups excluding carboxylic acids is 2. The maximum absolute atomic E-state index is 12.6. The molecule has 5 nitrogen and oxygen atoms in total. The van der Waals surface area contributed by atoms with Crippen LogP contribution in [0.2, 0.25) is 0 Å². The zero-order valence-electron chi connectivity index (χ0n) is 14.8. The fourth-order valence-electron chi connectivity index (χ4n) is 3.14. The highest BCUT2D eigenvalue weighted by Crippen LogP contribution is 2.25. The van der Waals surface area contributed by atoms with Crippen LogP contribution >= 0.6 is 0 Å². The van der Waals surface area contributed by atoms with Gasteiger partial charge in [-0.1, -0.05) is 25.0 Å². The topological polar surface area (TPSA) is 55.8 Å². The van der Waals surface area contributed by atoms with Crippen LogP contribution in [0.4, 0.5) is 0 Å². The molecule has 0 radical (unpaired) electrons. The van der Waals surface area contributed by atoms with Crippen LogP contribution in [0.1, 0.15) is 43.2 Å². The fraction of sp³-hybridized carbons (Fsp3) is 0.579. The van der Waals surface area contributed by atoms with Gasteiger partial charge in [-0.25, -0.2) is 0 Å². The molecule has 0 spiro atoms. The van der Waals surface area contributed by atoms with Crippen LogP contribution < -0.4 is 4.74 Å². The van der Waals surface area contributed by atoms with Crippen molar-refractivity contribution in [3.05, 3.63) is 29.3 Å². The summed E-state index contributed by atoms with van der Waals surface area (Å²) < 4.78 is 10.4. The van der Waals surface area contributed by atoms with Crippen molar-refractivity contribution >= 4 is 11.9 Å². The lowest BCUT2D eigenvalue weighted by molar-refractivity contribution is -0.142. The summed E-state index contributed by atoms with van der Waals surface area (Å²) in [5.41, 5.74) is 2.19. The third-order valence-electron chi connectivity index (χ3n) is 4.78. The molecular weight excluding hydrogens is 306 g/mol. The predicted molar refractivity (Wildman–Crippen MR) is 92.0 cm³/mol. The van der Waals surface area contributed by atoms with E-state index in [0.29, 0.717) is 6.54 Å². The monoisotopic (exact) mass is 333 g/mol. The van der Waals surface area contributed by atoms with Crippen LogP contribution in [0.3, 0.4) is 0 Å². The molecule has 1 fully saturated rings. The summed E-state index contributed by atoms with van der Waals surface area (Å²) >= 11 is 0. The van der Waals surface area contributed by atoms with Gasteiger partial charge in [0.2, 0.25) is 0 Å². The van der Waals surface area contributed by atoms with Crippen LogP contribution in [-0.4, -0.2) is 43.1 Å². The first-order chi connectivity index (χ1) is 11.5. The summed E-state index contributed by atoms with van der Waals surface area (Å²) in [6.45, 7) is 4.40. The summed E-state index contributed by atoms with van der Waals surface area (Å²) in [5, 5.41) is 0. The van der Waals surface area contributed by atoms with Gasteiger partial charge in [-0.3, -0.25) is 9.59 Å². The summed E-state index contributed by atoms with van der Waals surface area (Å²) in [4.78, 5) is 25.9. The number of ether oxygens (including phenoxy) is 2. The molecule has 0 bridgehead atoms. The van der Waals surface area contributed by atoms with Crippen molar-refractivity contribution in [2.24, 2.45) is 0 Å². The molecule has 24 heavy (non-hydrogen) atoms. The van der Waals surface area contributed by atoms with Gasteiger partial charge in [0.25, 0.3) is 5.91 Å². The number of hydrogen-bond acceptors (Lipinski definition) is 4. The van der Waals surface area contributed by atoms with Crippen LogP contribution in [0, 0.1) is 13.8 Å². The van der Waals surface area contributed by atoms with Crippen LogP contribution in [-0.2, 0) is 14.3 Å². The van der Waals surface area contributed by atoms with Crippen molar-refractivity contribution in [2.75, 3.05) is 20.3 Å². The second-order valence-electron chi connectivity index (χ2n) is 6.34. The summed E-state index contributed by atoms with van der Waals surface area (Å²) in [5.74, 6) is 0.385. The largest absolute Gasteiger partial charge is 0.483 e. The van der Waals surface area contributed by atoms with Gasteiger partial charge in [0, 0.05) is 12.6 Å². The highest BCUT2D eigenvalue weighted by atomic mass is 16.5.